The highest BCUT2D eigenvalue weighted by Crippen LogP contribution is 2.39. The van der Waals surface area contributed by atoms with Crippen molar-refractivity contribution in [2.45, 2.75) is 31.1 Å². The van der Waals surface area contributed by atoms with E-state index in [0.717, 1.165) is 0 Å². The number of rotatable bonds is 5. The number of hydrogen-bond donors (Lipinski definition) is 5. The van der Waals surface area contributed by atoms with Crippen LogP contribution in [0.4, 0.5) is 0 Å². The Morgan fingerprint density at radius 2 is 2.09 bits per heavy atom. The molecule has 0 spiro atoms. The first-order chi connectivity index (χ1) is 10.2. The first-order valence-corrected chi connectivity index (χ1v) is 8.23. The van der Waals surface area contributed by atoms with Crippen LogP contribution in [0.1, 0.15) is 12.8 Å². The second-order valence-electron chi connectivity index (χ2n) is 5.39. The molecule has 1 amide bonds. The summed E-state index contributed by atoms with van der Waals surface area (Å²) in [5, 5.41) is 20.1. The van der Waals surface area contributed by atoms with Crippen LogP contribution >= 0.6 is 7.82 Å². The molecule has 1 aliphatic heterocycles. The first kappa shape index (κ1) is 17.1. The average Bonchev–Trinajstić information content (AvgIpc) is 2.72. The van der Waals surface area contributed by atoms with Gasteiger partial charge in [0.05, 0.1) is 18.8 Å². The molecule has 1 aliphatic carbocycles. The van der Waals surface area contributed by atoms with E-state index in [-0.39, 0.29) is 13.0 Å². The third-order valence-corrected chi connectivity index (χ3v) is 4.33. The summed E-state index contributed by atoms with van der Waals surface area (Å²) in [5.41, 5.74) is 5.60. The highest BCUT2D eigenvalue weighted by atomic mass is 31.2. The number of primary amides is 1. The molecular formula is C12H19N2O7P. The zero-order valence-corrected chi connectivity index (χ0v) is 12.5. The van der Waals surface area contributed by atoms with Gasteiger partial charge in [-0.3, -0.25) is 9.32 Å². The monoisotopic (exact) mass is 334 g/mol. The van der Waals surface area contributed by atoms with E-state index in [1.807, 2.05) is 0 Å². The van der Waals surface area contributed by atoms with Crippen LogP contribution in [0.25, 0.3) is 0 Å². The van der Waals surface area contributed by atoms with E-state index in [2.05, 4.69) is 4.52 Å². The first-order valence-electron chi connectivity index (χ1n) is 6.70. The summed E-state index contributed by atoms with van der Waals surface area (Å²) in [5.74, 6) is -1.20. The fourth-order valence-electron chi connectivity index (χ4n) is 2.70. The fourth-order valence-corrected chi connectivity index (χ4v) is 3.09. The highest BCUT2D eigenvalue weighted by Gasteiger charge is 2.44. The third kappa shape index (κ3) is 3.95. The minimum atomic E-state index is -4.63. The number of nitrogens with zero attached hydrogens (tertiary/aromatic N) is 1. The van der Waals surface area contributed by atoms with Crippen molar-refractivity contribution < 1.29 is 33.9 Å². The lowest BCUT2D eigenvalue weighted by Crippen LogP contribution is -2.39. The van der Waals surface area contributed by atoms with Gasteiger partial charge in [0, 0.05) is 23.9 Å². The number of aliphatic hydroxyl groups excluding tert-OH is 2. The molecule has 1 fully saturated rings. The van der Waals surface area contributed by atoms with Gasteiger partial charge in [0.2, 0.25) is 5.91 Å². The summed E-state index contributed by atoms with van der Waals surface area (Å²) < 4.78 is 15.1. The molecule has 4 unspecified atom stereocenters. The maximum atomic E-state index is 11.2. The number of carbonyl (C=O) groups excluding carboxylic acids is 1. The molecular weight excluding hydrogens is 315 g/mol. The number of allylic oxidation sites excluding steroid dienone is 1. The molecule has 2 aliphatic rings. The van der Waals surface area contributed by atoms with Crippen molar-refractivity contribution in [1.29, 1.82) is 0 Å². The van der Waals surface area contributed by atoms with Gasteiger partial charge in [0.15, 0.2) is 0 Å². The Morgan fingerprint density at radius 1 is 1.41 bits per heavy atom. The van der Waals surface area contributed by atoms with Gasteiger partial charge in [-0.2, -0.15) is 0 Å². The molecule has 9 nitrogen and oxygen atoms in total. The van der Waals surface area contributed by atoms with E-state index in [0.29, 0.717) is 12.0 Å². The number of carbonyl (C=O) groups is 1. The maximum absolute atomic E-state index is 11.2. The molecule has 4 atom stereocenters. The van der Waals surface area contributed by atoms with Crippen LogP contribution in [-0.4, -0.2) is 55.7 Å². The van der Waals surface area contributed by atoms with Crippen LogP contribution in [0.2, 0.25) is 0 Å². The number of nitrogens with two attached hydrogens (primary N) is 1. The van der Waals surface area contributed by atoms with E-state index in [1.54, 1.807) is 17.2 Å². The summed E-state index contributed by atoms with van der Waals surface area (Å²) >= 11 is 0. The van der Waals surface area contributed by atoms with Crippen LogP contribution in [0, 0.1) is 5.92 Å². The Kier molecular flexibility index (Phi) is 5.06. The lowest BCUT2D eigenvalue weighted by molar-refractivity contribution is -0.114. The summed E-state index contributed by atoms with van der Waals surface area (Å²) in [6.45, 7) is -0.372. The molecule has 0 radical (unpaired) electrons. The van der Waals surface area contributed by atoms with Crippen molar-refractivity contribution in [2.24, 2.45) is 11.7 Å². The van der Waals surface area contributed by atoms with Crippen molar-refractivity contribution in [3.05, 3.63) is 24.0 Å². The quantitative estimate of drug-likeness (QED) is 0.393. The molecule has 1 saturated carbocycles. The van der Waals surface area contributed by atoms with E-state index < -0.39 is 37.9 Å². The molecule has 6 N–H and O–H groups in total. The van der Waals surface area contributed by atoms with Gasteiger partial charge in [0.25, 0.3) is 0 Å². The van der Waals surface area contributed by atoms with E-state index >= 15 is 0 Å². The van der Waals surface area contributed by atoms with Gasteiger partial charge in [-0.05, 0) is 12.8 Å². The molecule has 0 aromatic heterocycles. The van der Waals surface area contributed by atoms with Gasteiger partial charge in [-0.25, -0.2) is 4.57 Å². The van der Waals surface area contributed by atoms with Crippen molar-refractivity contribution >= 4 is 13.7 Å². The fraction of sp³-hybridized carbons (Fsp3) is 0.583. The number of hydrogen-bond acceptors (Lipinski definition) is 6. The molecule has 0 bridgehead atoms. The molecule has 22 heavy (non-hydrogen) atoms. The van der Waals surface area contributed by atoms with Gasteiger partial charge in [-0.1, -0.05) is 6.08 Å². The smallest absolute Gasteiger partial charge is 0.390 e. The van der Waals surface area contributed by atoms with E-state index in [4.69, 9.17) is 15.5 Å². The molecule has 124 valence electrons. The molecule has 0 aromatic rings. The highest BCUT2D eigenvalue weighted by molar-refractivity contribution is 7.46. The second-order valence-corrected chi connectivity index (χ2v) is 6.62. The predicted octanol–water partition coefficient (Wildman–Crippen LogP) is -1.21. The number of aliphatic hydroxyl groups is 2. The van der Waals surface area contributed by atoms with E-state index in [9.17, 15) is 19.6 Å². The summed E-state index contributed by atoms with van der Waals surface area (Å²) in [6.07, 6.45) is 3.19. The minimum absolute atomic E-state index is 0.245. The van der Waals surface area contributed by atoms with Crippen molar-refractivity contribution in [2.75, 3.05) is 6.61 Å². The number of phosphoric acid groups is 1. The largest absolute Gasteiger partial charge is 0.469 e. The van der Waals surface area contributed by atoms with Crippen molar-refractivity contribution in [3.63, 3.8) is 0 Å². The van der Waals surface area contributed by atoms with Gasteiger partial charge in [0.1, 0.15) is 6.10 Å². The molecule has 0 aromatic carbocycles. The SMILES string of the molecule is NC(=O)C1=CN(C2CC(COP(=O)(O)O)C(O)C2O)C=CC1. The minimum Gasteiger partial charge on any atom is -0.390 e. The zero-order chi connectivity index (χ0) is 16.5. The number of amides is 1. The third-order valence-electron chi connectivity index (χ3n) is 3.85. The molecule has 2 rings (SSSR count). The molecule has 10 heteroatoms. The Bertz CT molecular complexity index is 544. The van der Waals surface area contributed by atoms with Crippen molar-refractivity contribution in [3.8, 4) is 0 Å². The Morgan fingerprint density at radius 3 is 2.68 bits per heavy atom. The molecule has 1 heterocycles. The van der Waals surface area contributed by atoms with Crippen LogP contribution in [0.3, 0.4) is 0 Å². The zero-order valence-electron chi connectivity index (χ0n) is 11.6. The van der Waals surface area contributed by atoms with Gasteiger partial charge >= 0.3 is 7.82 Å². The van der Waals surface area contributed by atoms with Crippen molar-refractivity contribution in [1.82, 2.24) is 4.90 Å². The van der Waals surface area contributed by atoms with Crippen LogP contribution < -0.4 is 5.73 Å². The lowest BCUT2D eigenvalue weighted by Gasteiger charge is -2.29. The second kappa shape index (κ2) is 6.49. The topological polar surface area (TPSA) is 154 Å². The predicted molar refractivity (Wildman–Crippen MR) is 74.8 cm³/mol. The van der Waals surface area contributed by atoms with E-state index in [1.165, 1.54) is 6.20 Å². The average molecular weight is 334 g/mol. The van der Waals surface area contributed by atoms with Crippen LogP contribution in [0.5, 0.6) is 0 Å². The van der Waals surface area contributed by atoms with Gasteiger partial charge in [-0.15, -0.1) is 0 Å². The standard InChI is InChI=1S/C12H19N2O7P/c13-12(17)7-2-1-3-14(5-7)9-4-8(10(15)11(9)16)6-21-22(18,19)20/h1,3,5,8-11,15-16H,2,4,6H2,(H2,13,17)(H2,18,19,20). The van der Waals surface area contributed by atoms with Crippen LogP contribution in [-0.2, 0) is 13.9 Å². The Labute approximate surface area is 126 Å². The Balaban J connectivity index is 2.06. The normalized spacial score (nSPS) is 32.2. The summed E-state index contributed by atoms with van der Waals surface area (Å²) in [4.78, 5) is 30.2. The van der Waals surface area contributed by atoms with Crippen LogP contribution in [0.15, 0.2) is 24.0 Å². The summed E-state index contributed by atoms with van der Waals surface area (Å²) in [6, 6.07) is -0.536. The Hall–Kier alpha value is -1.22. The molecule has 0 saturated heterocycles. The number of phosphoric ester groups is 1. The summed E-state index contributed by atoms with van der Waals surface area (Å²) in [7, 11) is -4.63. The van der Waals surface area contributed by atoms with Gasteiger partial charge < -0.3 is 30.6 Å². The lowest BCUT2D eigenvalue weighted by atomic mass is 10.1. The maximum Gasteiger partial charge on any atom is 0.469 e.